The number of hydrogen-bond acceptors (Lipinski definition) is 1. The molecular formula is C16H20OSi. The van der Waals surface area contributed by atoms with Gasteiger partial charge >= 0.3 is 0 Å². The molecule has 0 aliphatic heterocycles. The van der Waals surface area contributed by atoms with Crippen LogP contribution in [0.4, 0.5) is 0 Å². The summed E-state index contributed by atoms with van der Waals surface area (Å²) in [5.41, 5.74) is 3.47. The molecule has 0 spiro atoms. The van der Waals surface area contributed by atoms with Crippen LogP contribution in [0, 0.1) is 0 Å². The van der Waals surface area contributed by atoms with Crippen molar-refractivity contribution in [1.29, 1.82) is 0 Å². The number of hydrogen-bond donors (Lipinski definition) is 0. The van der Waals surface area contributed by atoms with Crippen molar-refractivity contribution in [2.75, 3.05) is 7.11 Å². The molecule has 0 radical (unpaired) electrons. The molecule has 1 nitrogen and oxygen atoms in total. The zero-order valence-corrected chi connectivity index (χ0v) is 12.3. The Morgan fingerprint density at radius 1 is 0.944 bits per heavy atom. The lowest BCUT2D eigenvalue weighted by Gasteiger charge is -2.15. The Morgan fingerprint density at radius 2 is 1.56 bits per heavy atom. The Labute approximate surface area is 112 Å². The Bertz CT molecular complexity index is 441. The minimum Gasteiger partial charge on any atom is -0.427 e. The van der Waals surface area contributed by atoms with E-state index in [1.807, 2.05) is 7.11 Å². The molecular weight excluding hydrogens is 236 g/mol. The Balaban J connectivity index is 1.99. The van der Waals surface area contributed by atoms with Crippen molar-refractivity contribution >= 4 is 9.76 Å². The van der Waals surface area contributed by atoms with Crippen molar-refractivity contribution in [1.82, 2.24) is 0 Å². The molecule has 94 valence electrons. The molecule has 0 saturated carbocycles. The lowest BCUT2D eigenvalue weighted by molar-refractivity contribution is 0.428. The van der Waals surface area contributed by atoms with Crippen LogP contribution in [0.25, 0.3) is 0 Å². The van der Waals surface area contributed by atoms with Gasteiger partial charge in [0, 0.05) is 7.11 Å². The molecule has 0 aromatic heterocycles. The van der Waals surface area contributed by atoms with E-state index in [0.717, 1.165) is 6.42 Å². The predicted octanol–water partition coefficient (Wildman–Crippen LogP) is 3.09. The highest BCUT2D eigenvalue weighted by atomic mass is 28.2. The van der Waals surface area contributed by atoms with E-state index in [0.29, 0.717) is 5.54 Å². The van der Waals surface area contributed by atoms with E-state index in [-0.39, 0.29) is 0 Å². The molecule has 18 heavy (non-hydrogen) atoms. The standard InChI is InChI=1S/C16H20OSi/c1-17-18-16(15-10-6-3-7-11-15)13-12-14-8-4-2-5-9-14/h2-11,16H,12-13,18H2,1H3. The summed E-state index contributed by atoms with van der Waals surface area (Å²) in [5.74, 6) is 0. The molecule has 0 bridgehead atoms. The summed E-state index contributed by atoms with van der Waals surface area (Å²) in [5, 5.41) is 0. The van der Waals surface area contributed by atoms with Gasteiger partial charge in [-0.3, -0.25) is 0 Å². The maximum atomic E-state index is 5.49. The maximum absolute atomic E-state index is 5.49. The van der Waals surface area contributed by atoms with Crippen LogP contribution in [0.15, 0.2) is 60.7 Å². The molecule has 0 heterocycles. The molecule has 2 aromatic rings. The average Bonchev–Trinajstić information content (AvgIpc) is 2.45. The number of aryl methyl sites for hydroxylation is 1. The third-order valence-electron chi connectivity index (χ3n) is 3.26. The Hall–Kier alpha value is -1.38. The lowest BCUT2D eigenvalue weighted by Crippen LogP contribution is -2.11. The third-order valence-corrected chi connectivity index (χ3v) is 4.88. The summed E-state index contributed by atoms with van der Waals surface area (Å²) in [6, 6.07) is 21.5. The van der Waals surface area contributed by atoms with Gasteiger partial charge in [0.25, 0.3) is 0 Å². The zero-order chi connectivity index (χ0) is 12.6. The molecule has 0 fully saturated rings. The van der Waals surface area contributed by atoms with Crippen LogP contribution >= 0.6 is 0 Å². The van der Waals surface area contributed by atoms with Gasteiger partial charge in [0.15, 0.2) is 9.76 Å². The highest BCUT2D eigenvalue weighted by Crippen LogP contribution is 2.20. The average molecular weight is 256 g/mol. The topological polar surface area (TPSA) is 9.23 Å². The van der Waals surface area contributed by atoms with Gasteiger partial charge in [-0.05, 0) is 29.5 Å². The minimum atomic E-state index is -0.478. The Kier molecular flexibility index (Phi) is 5.18. The predicted molar refractivity (Wildman–Crippen MR) is 79.5 cm³/mol. The molecule has 0 aliphatic carbocycles. The van der Waals surface area contributed by atoms with E-state index >= 15 is 0 Å². The fourth-order valence-corrected chi connectivity index (χ4v) is 3.50. The van der Waals surface area contributed by atoms with Gasteiger partial charge in [0.2, 0.25) is 0 Å². The van der Waals surface area contributed by atoms with Crippen molar-refractivity contribution in [2.24, 2.45) is 0 Å². The van der Waals surface area contributed by atoms with Gasteiger partial charge in [0.05, 0.1) is 0 Å². The van der Waals surface area contributed by atoms with E-state index in [4.69, 9.17) is 4.43 Å². The van der Waals surface area contributed by atoms with Crippen LogP contribution in [-0.4, -0.2) is 16.9 Å². The molecule has 0 aliphatic rings. The van der Waals surface area contributed by atoms with Crippen molar-refractivity contribution in [3.05, 3.63) is 71.8 Å². The van der Waals surface area contributed by atoms with Gasteiger partial charge < -0.3 is 4.43 Å². The van der Waals surface area contributed by atoms with Crippen molar-refractivity contribution < 1.29 is 4.43 Å². The molecule has 1 unspecified atom stereocenters. The van der Waals surface area contributed by atoms with E-state index in [1.165, 1.54) is 17.5 Å². The van der Waals surface area contributed by atoms with E-state index in [9.17, 15) is 0 Å². The normalized spacial score (nSPS) is 12.9. The first-order valence-electron chi connectivity index (χ1n) is 6.48. The van der Waals surface area contributed by atoms with E-state index in [1.54, 1.807) is 0 Å². The Morgan fingerprint density at radius 3 is 2.17 bits per heavy atom. The fourth-order valence-electron chi connectivity index (χ4n) is 2.26. The third kappa shape index (κ3) is 3.83. The van der Waals surface area contributed by atoms with E-state index < -0.39 is 9.76 Å². The first-order chi connectivity index (χ1) is 8.90. The molecule has 0 saturated heterocycles. The van der Waals surface area contributed by atoms with Crippen LogP contribution in [0.1, 0.15) is 23.1 Å². The molecule has 2 heteroatoms. The highest BCUT2D eigenvalue weighted by molar-refractivity contribution is 6.29. The monoisotopic (exact) mass is 256 g/mol. The summed E-state index contributed by atoms with van der Waals surface area (Å²) in [7, 11) is 1.36. The summed E-state index contributed by atoms with van der Waals surface area (Å²) in [4.78, 5) is 0. The van der Waals surface area contributed by atoms with Crippen molar-refractivity contribution in [3.63, 3.8) is 0 Å². The van der Waals surface area contributed by atoms with Gasteiger partial charge in [-0.15, -0.1) is 0 Å². The molecule has 2 rings (SSSR count). The summed E-state index contributed by atoms with van der Waals surface area (Å²) in [6.45, 7) is 0. The molecule has 0 amide bonds. The van der Waals surface area contributed by atoms with Crippen LogP contribution < -0.4 is 0 Å². The number of rotatable bonds is 6. The van der Waals surface area contributed by atoms with E-state index in [2.05, 4.69) is 60.7 Å². The summed E-state index contributed by atoms with van der Waals surface area (Å²) < 4.78 is 5.49. The second-order valence-corrected chi connectivity index (χ2v) is 6.48. The minimum absolute atomic E-state index is 0.478. The summed E-state index contributed by atoms with van der Waals surface area (Å²) in [6.07, 6.45) is 2.32. The van der Waals surface area contributed by atoms with Crippen molar-refractivity contribution in [3.8, 4) is 0 Å². The van der Waals surface area contributed by atoms with Crippen LogP contribution in [-0.2, 0) is 10.8 Å². The van der Waals surface area contributed by atoms with Gasteiger partial charge in [-0.1, -0.05) is 60.7 Å². The smallest absolute Gasteiger partial charge is 0.168 e. The highest BCUT2D eigenvalue weighted by Gasteiger charge is 2.11. The van der Waals surface area contributed by atoms with Gasteiger partial charge in [0.1, 0.15) is 0 Å². The van der Waals surface area contributed by atoms with Gasteiger partial charge in [-0.25, -0.2) is 0 Å². The van der Waals surface area contributed by atoms with Gasteiger partial charge in [-0.2, -0.15) is 0 Å². The molecule has 1 atom stereocenters. The molecule has 2 aromatic carbocycles. The maximum Gasteiger partial charge on any atom is 0.168 e. The quantitative estimate of drug-likeness (QED) is 0.722. The zero-order valence-electron chi connectivity index (χ0n) is 10.9. The first-order valence-corrected chi connectivity index (χ1v) is 7.87. The molecule has 0 N–H and O–H groups in total. The largest absolute Gasteiger partial charge is 0.427 e. The second kappa shape index (κ2) is 7.14. The number of benzene rings is 2. The van der Waals surface area contributed by atoms with Crippen LogP contribution in [0.3, 0.4) is 0 Å². The van der Waals surface area contributed by atoms with Crippen LogP contribution in [0.5, 0.6) is 0 Å². The second-order valence-electron chi connectivity index (χ2n) is 4.59. The fraction of sp³-hybridized carbons (Fsp3) is 0.250. The van der Waals surface area contributed by atoms with Crippen LogP contribution in [0.2, 0.25) is 0 Å². The lowest BCUT2D eigenvalue weighted by atomic mass is 10.0. The SMILES string of the molecule is CO[SiH2]C(CCc1ccccc1)c1ccccc1. The van der Waals surface area contributed by atoms with Crippen molar-refractivity contribution in [2.45, 2.75) is 18.4 Å². The summed E-state index contributed by atoms with van der Waals surface area (Å²) >= 11 is 0. The first kappa shape index (κ1) is 13.1.